The minimum atomic E-state index is 0.556. The lowest BCUT2D eigenvalue weighted by atomic mass is 10.1. The van der Waals surface area contributed by atoms with Crippen LogP contribution in [0.25, 0.3) is 0 Å². The van der Waals surface area contributed by atoms with E-state index in [2.05, 4.69) is 66.4 Å². The van der Waals surface area contributed by atoms with Crippen molar-refractivity contribution in [2.24, 2.45) is 4.99 Å². The SMILES string of the molecule is CN=C(NCCc1ccc2c(c1)CCO2)NCCN(C(C)C)C(C)C. The molecule has 5 nitrogen and oxygen atoms in total. The van der Waals surface area contributed by atoms with Gasteiger partial charge in [0, 0.05) is 45.2 Å². The van der Waals surface area contributed by atoms with Crippen LogP contribution in [0.1, 0.15) is 38.8 Å². The number of aliphatic imine (C=N–C) groups is 1. The maximum Gasteiger partial charge on any atom is 0.191 e. The maximum atomic E-state index is 5.56. The standard InChI is InChI=1S/C20H34N4O/c1-15(2)24(16(3)4)12-11-23-20(21-5)22-10-8-17-6-7-19-18(14-17)9-13-25-19/h6-7,14-16H,8-13H2,1-5H3,(H2,21,22,23). The van der Waals surface area contributed by atoms with E-state index in [-0.39, 0.29) is 0 Å². The van der Waals surface area contributed by atoms with Gasteiger partial charge in [0.25, 0.3) is 0 Å². The third-order valence-electron chi connectivity index (χ3n) is 4.67. The largest absolute Gasteiger partial charge is 0.493 e. The van der Waals surface area contributed by atoms with Crippen molar-refractivity contribution in [3.05, 3.63) is 29.3 Å². The fourth-order valence-corrected chi connectivity index (χ4v) is 3.36. The van der Waals surface area contributed by atoms with Gasteiger partial charge in [0.2, 0.25) is 0 Å². The van der Waals surface area contributed by atoms with Crippen molar-refractivity contribution in [3.63, 3.8) is 0 Å². The Balaban J connectivity index is 1.71. The highest BCUT2D eigenvalue weighted by atomic mass is 16.5. The molecule has 0 radical (unpaired) electrons. The molecule has 2 N–H and O–H groups in total. The molecule has 0 atom stereocenters. The Morgan fingerprint density at radius 1 is 1.16 bits per heavy atom. The van der Waals surface area contributed by atoms with Crippen LogP contribution in [0, 0.1) is 0 Å². The molecule has 0 unspecified atom stereocenters. The molecule has 0 amide bonds. The van der Waals surface area contributed by atoms with E-state index < -0.39 is 0 Å². The molecule has 0 saturated carbocycles. The molecule has 0 saturated heterocycles. The Morgan fingerprint density at radius 3 is 2.56 bits per heavy atom. The third kappa shape index (κ3) is 5.92. The molecule has 1 aliphatic rings. The second-order valence-corrected chi connectivity index (χ2v) is 7.14. The van der Waals surface area contributed by atoms with Crippen LogP contribution in [0.5, 0.6) is 5.75 Å². The minimum absolute atomic E-state index is 0.556. The molecule has 1 aromatic carbocycles. The summed E-state index contributed by atoms with van der Waals surface area (Å²) < 4.78 is 5.56. The van der Waals surface area contributed by atoms with Crippen LogP contribution in [0.3, 0.4) is 0 Å². The molecule has 1 aliphatic heterocycles. The smallest absolute Gasteiger partial charge is 0.191 e. The number of hydrogen-bond acceptors (Lipinski definition) is 3. The van der Waals surface area contributed by atoms with E-state index in [9.17, 15) is 0 Å². The second kappa shape index (κ2) is 9.66. The van der Waals surface area contributed by atoms with Gasteiger partial charge in [0.1, 0.15) is 5.75 Å². The van der Waals surface area contributed by atoms with Gasteiger partial charge in [-0.25, -0.2) is 0 Å². The molecule has 25 heavy (non-hydrogen) atoms. The number of fused-ring (bicyclic) bond motifs is 1. The van der Waals surface area contributed by atoms with E-state index in [1.165, 1.54) is 11.1 Å². The molecule has 0 aliphatic carbocycles. The Morgan fingerprint density at radius 2 is 1.88 bits per heavy atom. The van der Waals surface area contributed by atoms with Gasteiger partial charge < -0.3 is 15.4 Å². The summed E-state index contributed by atoms with van der Waals surface area (Å²) >= 11 is 0. The average molecular weight is 347 g/mol. The zero-order valence-electron chi connectivity index (χ0n) is 16.4. The van der Waals surface area contributed by atoms with Crippen molar-refractivity contribution >= 4 is 5.96 Å². The summed E-state index contributed by atoms with van der Waals surface area (Å²) in [6.45, 7) is 12.6. The highest BCUT2D eigenvalue weighted by molar-refractivity contribution is 5.79. The van der Waals surface area contributed by atoms with Crippen LogP contribution in [0.4, 0.5) is 0 Å². The van der Waals surface area contributed by atoms with Gasteiger partial charge in [-0.2, -0.15) is 0 Å². The van der Waals surface area contributed by atoms with Crippen LogP contribution in [0.2, 0.25) is 0 Å². The van der Waals surface area contributed by atoms with Crippen molar-refractivity contribution in [3.8, 4) is 5.75 Å². The van der Waals surface area contributed by atoms with Gasteiger partial charge >= 0.3 is 0 Å². The Kier molecular flexibility index (Phi) is 7.56. The van der Waals surface area contributed by atoms with E-state index in [0.29, 0.717) is 12.1 Å². The van der Waals surface area contributed by atoms with Gasteiger partial charge in [-0.15, -0.1) is 0 Å². The molecule has 140 valence electrons. The third-order valence-corrected chi connectivity index (χ3v) is 4.67. The van der Waals surface area contributed by atoms with Crippen molar-refractivity contribution in [2.75, 3.05) is 33.3 Å². The molecular formula is C20H34N4O. The van der Waals surface area contributed by atoms with Crippen molar-refractivity contribution in [1.82, 2.24) is 15.5 Å². The Labute approximate surface area is 152 Å². The Hall–Kier alpha value is -1.75. The summed E-state index contributed by atoms with van der Waals surface area (Å²) in [5.74, 6) is 1.92. The van der Waals surface area contributed by atoms with E-state index >= 15 is 0 Å². The average Bonchev–Trinajstić information content (AvgIpc) is 3.04. The minimum Gasteiger partial charge on any atom is -0.493 e. The van der Waals surface area contributed by atoms with Crippen LogP contribution < -0.4 is 15.4 Å². The molecule has 0 spiro atoms. The van der Waals surface area contributed by atoms with Gasteiger partial charge in [-0.3, -0.25) is 9.89 Å². The molecular weight excluding hydrogens is 312 g/mol. The predicted molar refractivity (Wildman–Crippen MR) is 106 cm³/mol. The first kappa shape index (κ1) is 19.6. The molecule has 1 aromatic rings. The lowest BCUT2D eigenvalue weighted by Crippen LogP contribution is -2.45. The van der Waals surface area contributed by atoms with Crippen molar-refractivity contribution in [1.29, 1.82) is 0 Å². The number of nitrogens with zero attached hydrogens (tertiary/aromatic N) is 2. The molecule has 0 bridgehead atoms. The highest BCUT2D eigenvalue weighted by Gasteiger charge is 2.13. The fraction of sp³-hybridized carbons (Fsp3) is 0.650. The molecule has 0 aromatic heterocycles. The van der Waals surface area contributed by atoms with E-state index in [0.717, 1.165) is 50.8 Å². The summed E-state index contributed by atoms with van der Waals surface area (Å²) in [5, 5.41) is 6.82. The van der Waals surface area contributed by atoms with Gasteiger partial charge in [0.15, 0.2) is 5.96 Å². The number of ether oxygens (including phenoxy) is 1. The molecule has 1 heterocycles. The molecule has 5 heteroatoms. The number of hydrogen-bond donors (Lipinski definition) is 2. The topological polar surface area (TPSA) is 48.9 Å². The monoisotopic (exact) mass is 346 g/mol. The zero-order valence-corrected chi connectivity index (χ0v) is 16.4. The molecule has 0 fully saturated rings. The summed E-state index contributed by atoms with van der Waals surface area (Å²) in [6, 6.07) is 7.63. The number of guanidine groups is 1. The van der Waals surface area contributed by atoms with E-state index in [4.69, 9.17) is 4.74 Å². The van der Waals surface area contributed by atoms with Gasteiger partial charge in [-0.1, -0.05) is 12.1 Å². The zero-order chi connectivity index (χ0) is 18.2. The quantitative estimate of drug-likeness (QED) is 0.561. The second-order valence-electron chi connectivity index (χ2n) is 7.14. The van der Waals surface area contributed by atoms with Crippen LogP contribution in [-0.4, -0.2) is 56.2 Å². The first-order chi connectivity index (χ1) is 12.0. The Bertz CT molecular complexity index is 561. The maximum absolute atomic E-state index is 5.56. The summed E-state index contributed by atoms with van der Waals surface area (Å²) in [5.41, 5.74) is 2.68. The number of benzene rings is 1. The summed E-state index contributed by atoms with van der Waals surface area (Å²) in [6.07, 6.45) is 2.01. The number of rotatable bonds is 8. The molecule has 2 rings (SSSR count). The lowest BCUT2D eigenvalue weighted by Gasteiger charge is -2.30. The van der Waals surface area contributed by atoms with Crippen molar-refractivity contribution < 1.29 is 4.74 Å². The first-order valence-electron chi connectivity index (χ1n) is 9.46. The van der Waals surface area contributed by atoms with E-state index in [1.54, 1.807) is 0 Å². The predicted octanol–water partition coefficient (Wildman–Crippen LogP) is 2.45. The summed E-state index contributed by atoms with van der Waals surface area (Å²) in [4.78, 5) is 6.80. The van der Waals surface area contributed by atoms with Crippen LogP contribution in [-0.2, 0) is 12.8 Å². The first-order valence-corrected chi connectivity index (χ1v) is 9.46. The number of nitrogens with one attached hydrogen (secondary N) is 2. The highest BCUT2D eigenvalue weighted by Crippen LogP contribution is 2.25. The summed E-state index contributed by atoms with van der Waals surface area (Å²) in [7, 11) is 1.82. The van der Waals surface area contributed by atoms with E-state index in [1.807, 2.05) is 7.05 Å². The fourth-order valence-electron chi connectivity index (χ4n) is 3.36. The van der Waals surface area contributed by atoms with Gasteiger partial charge in [0.05, 0.1) is 6.61 Å². The normalized spacial score (nSPS) is 14.2. The van der Waals surface area contributed by atoms with Gasteiger partial charge in [-0.05, 0) is 51.3 Å². The lowest BCUT2D eigenvalue weighted by molar-refractivity contribution is 0.178. The van der Waals surface area contributed by atoms with Crippen LogP contribution >= 0.6 is 0 Å². The van der Waals surface area contributed by atoms with Crippen molar-refractivity contribution in [2.45, 2.75) is 52.6 Å². The van der Waals surface area contributed by atoms with Crippen LogP contribution in [0.15, 0.2) is 23.2 Å².